The van der Waals surface area contributed by atoms with E-state index in [-0.39, 0.29) is 6.42 Å². The molecule has 0 N–H and O–H groups in total. The predicted octanol–water partition coefficient (Wildman–Crippen LogP) is 1.86. The highest BCUT2D eigenvalue weighted by atomic mass is 32.1. The predicted molar refractivity (Wildman–Crippen MR) is 34.8 cm³/mol. The number of hydrogen-bond donors (Lipinski definition) is 1. The van der Waals surface area contributed by atoms with Crippen LogP contribution in [0.15, 0.2) is 0 Å². The standard InChI is InChI=1S/C5H8F3NS/c6-5(7,8)4-2-1-3-9(4)10/h4,10H,1-3H2/t4-/m1/s1. The molecule has 1 atom stereocenters. The minimum Gasteiger partial charge on any atom is -0.241 e. The van der Waals surface area contributed by atoms with Gasteiger partial charge >= 0.3 is 6.18 Å². The Hall–Kier alpha value is 0.100. The summed E-state index contributed by atoms with van der Waals surface area (Å²) in [4.78, 5) is 0. The van der Waals surface area contributed by atoms with Gasteiger partial charge in [-0.1, -0.05) is 12.8 Å². The molecule has 0 aromatic carbocycles. The molecule has 0 aliphatic carbocycles. The van der Waals surface area contributed by atoms with E-state index >= 15 is 0 Å². The monoisotopic (exact) mass is 171 g/mol. The fourth-order valence-corrected chi connectivity index (χ4v) is 1.47. The highest BCUT2D eigenvalue weighted by molar-refractivity contribution is 7.77. The van der Waals surface area contributed by atoms with Gasteiger partial charge in [-0.3, -0.25) is 0 Å². The molecule has 1 aliphatic rings. The third kappa shape index (κ3) is 1.58. The van der Waals surface area contributed by atoms with Crippen LogP contribution in [0.4, 0.5) is 13.2 Å². The molecule has 0 saturated carbocycles. The number of thiol groups is 1. The molecule has 0 bridgehead atoms. The van der Waals surface area contributed by atoms with Crippen molar-refractivity contribution in [2.24, 2.45) is 0 Å². The maximum atomic E-state index is 11.9. The topological polar surface area (TPSA) is 3.24 Å². The Bertz CT molecular complexity index is 125. The maximum absolute atomic E-state index is 11.9. The van der Waals surface area contributed by atoms with Crippen molar-refractivity contribution in [1.82, 2.24) is 4.31 Å². The number of halogens is 3. The van der Waals surface area contributed by atoms with Crippen LogP contribution in [-0.2, 0) is 0 Å². The maximum Gasteiger partial charge on any atom is 0.404 e. The highest BCUT2D eigenvalue weighted by Crippen LogP contribution is 2.33. The van der Waals surface area contributed by atoms with Crippen molar-refractivity contribution in [2.45, 2.75) is 25.1 Å². The van der Waals surface area contributed by atoms with E-state index in [1.54, 1.807) is 0 Å². The second kappa shape index (κ2) is 2.62. The summed E-state index contributed by atoms with van der Waals surface area (Å²) < 4.78 is 36.8. The summed E-state index contributed by atoms with van der Waals surface area (Å²) in [5.74, 6) is 0. The molecule has 60 valence electrons. The summed E-state index contributed by atoms with van der Waals surface area (Å²) in [5, 5.41) is 0. The molecule has 0 radical (unpaired) electrons. The number of hydrogen-bond acceptors (Lipinski definition) is 2. The van der Waals surface area contributed by atoms with Gasteiger partial charge in [-0.15, -0.1) is 0 Å². The van der Waals surface area contributed by atoms with Crippen molar-refractivity contribution in [3.05, 3.63) is 0 Å². The lowest BCUT2D eigenvalue weighted by atomic mass is 10.2. The first kappa shape index (κ1) is 8.20. The summed E-state index contributed by atoms with van der Waals surface area (Å²) in [7, 11) is 0. The van der Waals surface area contributed by atoms with Crippen LogP contribution in [0.3, 0.4) is 0 Å². The molecule has 1 fully saturated rings. The first-order valence-electron chi connectivity index (χ1n) is 3.04. The zero-order valence-electron chi connectivity index (χ0n) is 5.23. The fraction of sp³-hybridized carbons (Fsp3) is 1.00. The lowest BCUT2D eigenvalue weighted by Gasteiger charge is -2.20. The van der Waals surface area contributed by atoms with Gasteiger partial charge in [0.25, 0.3) is 0 Å². The first-order chi connectivity index (χ1) is 4.52. The second-order valence-electron chi connectivity index (χ2n) is 2.36. The fourth-order valence-electron chi connectivity index (χ4n) is 1.08. The summed E-state index contributed by atoms with van der Waals surface area (Å²) in [6, 6.07) is -1.32. The molecule has 1 heterocycles. The SMILES string of the molecule is FC(F)(F)[C@H]1CCCN1S. The summed E-state index contributed by atoms with van der Waals surface area (Å²) in [6.45, 7) is 0.438. The van der Waals surface area contributed by atoms with Crippen molar-refractivity contribution in [1.29, 1.82) is 0 Å². The Balaban J connectivity index is 2.55. The third-order valence-electron chi connectivity index (χ3n) is 1.60. The molecule has 1 aliphatic heterocycles. The van der Waals surface area contributed by atoms with Crippen LogP contribution in [0, 0.1) is 0 Å². The number of nitrogens with zero attached hydrogens (tertiary/aromatic N) is 1. The average Bonchev–Trinajstić information content (AvgIpc) is 2.11. The van der Waals surface area contributed by atoms with Crippen LogP contribution < -0.4 is 0 Å². The lowest BCUT2D eigenvalue weighted by Crippen LogP contribution is -2.35. The highest BCUT2D eigenvalue weighted by Gasteiger charge is 2.44. The minimum atomic E-state index is -4.10. The van der Waals surface area contributed by atoms with Gasteiger partial charge in [-0.2, -0.15) is 13.2 Å². The Labute approximate surface area is 62.7 Å². The van der Waals surface area contributed by atoms with Gasteiger partial charge in [-0.05, 0) is 12.8 Å². The van der Waals surface area contributed by atoms with Crippen molar-refractivity contribution < 1.29 is 13.2 Å². The minimum absolute atomic E-state index is 0.188. The van der Waals surface area contributed by atoms with Crippen LogP contribution in [0.1, 0.15) is 12.8 Å². The zero-order chi connectivity index (χ0) is 7.78. The zero-order valence-corrected chi connectivity index (χ0v) is 6.12. The molecule has 1 nitrogen and oxygen atoms in total. The van der Waals surface area contributed by atoms with Gasteiger partial charge in [0, 0.05) is 6.54 Å². The van der Waals surface area contributed by atoms with Crippen molar-refractivity contribution in [3.63, 3.8) is 0 Å². The van der Waals surface area contributed by atoms with Gasteiger partial charge in [0.05, 0.1) is 0 Å². The normalized spacial score (nSPS) is 29.4. The van der Waals surface area contributed by atoms with E-state index in [1.165, 1.54) is 0 Å². The molecule has 0 unspecified atom stereocenters. The lowest BCUT2D eigenvalue weighted by molar-refractivity contribution is -0.163. The molecule has 1 rings (SSSR count). The Morgan fingerprint density at radius 2 is 2.00 bits per heavy atom. The molecule has 1 saturated heterocycles. The molecule has 0 spiro atoms. The molecule has 0 amide bonds. The molecular weight excluding hydrogens is 163 g/mol. The van der Waals surface area contributed by atoms with Gasteiger partial charge in [0.15, 0.2) is 0 Å². The van der Waals surface area contributed by atoms with Crippen molar-refractivity contribution in [3.8, 4) is 0 Å². The Morgan fingerprint density at radius 1 is 1.40 bits per heavy atom. The van der Waals surface area contributed by atoms with Crippen molar-refractivity contribution in [2.75, 3.05) is 6.54 Å². The van der Waals surface area contributed by atoms with E-state index in [1.807, 2.05) is 0 Å². The van der Waals surface area contributed by atoms with Crippen LogP contribution in [0.25, 0.3) is 0 Å². The number of rotatable bonds is 0. The summed E-state index contributed by atoms with van der Waals surface area (Å²) in [5.41, 5.74) is 0. The van der Waals surface area contributed by atoms with E-state index in [0.29, 0.717) is 13.0 Å². The first-order valence-corrected chi connectivity index (χ1v) is 3.44. The quantitative estimate of drug-likeness (QED) is 0.544. The molecular formula is C5H8F3NS. The van der Waals surface area contributed by atoms with Crippen LogP contribution >= 0.6 is 12.8 Å². The van der Waals surface area contributed by atoms with Gasteiger partial charge in [-0.25, -0.2) is 4.31 Å². The van der Waals surface area contributed by atoms with E-state index < -0.39 is 12.2 Å². The van der Waals surface area contributed by atoms with Gasteiger partial charge in [0.1, 0.15) is 6.04 Å². The van der Waals surface area contributed by atoms with E-state index in [0.717, 1.165) is 4.31 Å². The molecule has 0 aromatic heterocycles. The van der Waals surface area contributed by atoms with Gasteiger partial charge in [0.2, 0.25) is 0 Å². The Kier molecular flexibility index (Phi) is 2.15. The number of alkyl halides is 3. The van der Waals surface area contributed by atoms with E-state index in [2.05, 4.69) is 12.8 Å². The average molecular weight is 171 g/mol. The van der Waals surface area contributed by atoms with Crippen LogP contribution in [-0.4, -0.2) is 23.1 Å². The van der Waals surface area contributed by atoms with E-state index in [9.17, 15) is 13.2 Å². The summed E-state index contributed by atoms with van der Waals surface area (Å²) in [6.07, 6.45) is -3.32. The summed E-state index contributed by atoms with van der Waals surface area (Å²) >= 11 is 3.69. The molecule has 10 heavy (non-hydrogen) atoms. The van der Waals surface area contributed by atoms with Gasteiger partial charge < -0.3 is 0 Å². The van der Waals surface area contributed by atoms with Crippen molar-refractivity contribution >= 4 is 12.8 Å². The van der Waals surface area contributed by atoms with Crippen LogP contribution in [0.2, 0.25) is 0 Å². The third-order valence-corrected chi connectivity index (χ3v) is 2.08. The second-order valence-corrected chi connectivity index (χ2v) is 2.88. The van der Waals surface area contributed by atoms with Crippen LogP contribution in [0.5, 0.6) is 0 Å². The molecule has 5 heteroatoms. The molecule has 0 aromatic rings. The Morgan fingerprint density at radius 3 is 2.20 bits per heavy atom. The van der Waals surface area contributed by atoms with E-state index in [4.69, 9.17) is 0 Å². The largest absolute Gasteiger partial charge is 0.404 e. The smallest absolute Gasteiger partial charge is 0.241 e.